The summed E-state index contributed by atoms with van der Waals surface area (Å²) in [6.07, 6.45) is 1.32. The van der Waals surface area contributed by atoms with Crippen molar-refractivity contribution in [2.24, 2.45) is 0 Å². The van der Waals surface area contributed by atoms with Crippen LogP contribution in [-0.2, 0) is 0 Å². The first-order chi connectivity index (χ1) is 8.15. The van der Waals surface area contributed by atoms with Crippen molar-refractivity contribution in [2.75, 3.05) is 0 Å². The zero-order chi connectivity index (χ0) is 12.4. The Morgan fingerprint density at radius 3 is 2.59 bits per heavy atom. The van der Waals surface area contributed by atoms with E-state index < -0.39 is 6.10 Å². The SMILES string of the molecule is CCC(C)c1ccc2oc(C(O)CC)cc2c1. The number of aliphatic hydroxyl groups is 1. The van der Waals surface area contributed by atoms with Crippen LogP contribution in [0.15, 0.2) is 28.7 Å². The largest absolute Gasteiger partial charge is 0.458 e. The molecule has 0 bridgehead atoms. The lowest BCUT2D eigenvalue weighted by molar-refractivity contribution is 0.148. The fourth-order valence-corrected chi connectivity index (χ4v) is 1.99. The Bertz CT molecular complexity index is 491. The maximum absolute atomic E-state index is 9.76. The highest BCUT2D eigenvalue weighted by molar-refractivity contribution is 5.79. The molecule has 92 valence electrons. The predicted octanol–water partition coefficient (Wildman–Crippen LogP) is 4.39. The van der Waals surface area contributed by atoms with Crippen molar-refractivity contribution in [1.29, 1.82) is 0 Å². The van der Waals surface area contributed by atoms with Crippen molar-refractivity contribution in [2.45, 2.75) is 45.6 Å². The molecule has 0 aliphatic rings. The van der Waals surface area contributed by atoms with Crippen LogP contribution >= 0.6 is 0 Å². The summed E-state index contributed by atoms with van der Waals surface area (Å²) < 4.78 is 5.64. The van der Waals surface area contributed by atoms with Gasteiger partial charge in [0, 0.05) is 5.39 Å². The maximum atomic E-state index is 9.76. The summed E-state index contributed by atoms with van der Waals surface area (Å²) in [6, 6.07) is 8.24. The van der Waals surface area contributed by atoms with Crippen LogP contribution in [0.25, 0.3) is 11.0 Å². The number of rotatable bonds is 4. The van der Waals surface area contributed by atoms with Gasteiger partial charge in [0.1, 0.15) is 17.4 Å². The third-order valence-electron chi connectivity index (χ3n) is 3.46. The molecule has 2 rings (SSSR count). The minimum atomic E-state index is -0.491. The second-order valence-corrected chi connectivity index (χ2v) is 4.68. The van der Waals surface area contributed by atoms with Crippen LogP contribution in [0.3, 0.4) is 0 Å². The topological polar surface area (TPSA) is 33.4 Å². The Hall–Kier alpha value is -1.28. The summed E-state index contributed by atoms with van der Waals surface area (Å²) in [7, 11) is 0. The van der Waals surface area contributed by atoms with Crippen molar-refractivity contribution < 1.29 is 9.52 Å². The molecule has 1 aromatic heterocycles. The first-order valence-electron chi connectivity index (χ1n) is 6.37. The Morgan fingerprint density at radius 1 is 1.18 bits per heavy atom. The second-order valence-electron chi connectivity index (χ2n) is 4.68. The Labute approximate surface area is 102 Å². The molecule has 0 aliphatic carbocycles. The summed E-state index contributed by atoms with van der Waals surface area (Å²) in [6.45, 7) is 6.36. The fraction of sp³-hybridized carbons (Fsp3) is 0.467. The molecule has 0 fully saturated rings. The number of furan rings is 1. The molecule has 0 amide bonds. The molecule has 1 N–H and O–H groups in total. The van der Waals surface area contributed by atoms with Crippen molar-refractivity contribution in [3.63, 3.8) is 0 Å². The first kappa shape index (κ1) is 12.2. The molecular weight excluding hydrogens is 212 g/mol. The Kier molecular flexibility index (Phi) is 3.53. The van der Waals surface area contributed by atoms with E-state index in [1.165, 1.54) is 5.56 Å². The molecule has 0 saturated heterocycles. The van der Waals surface area contributed by atoms with E-state index in [9.17, 15) is 5.11 Å². The third kappa shape index (κ3) is 2.37. The Morgan fingerprint density at radius 2 is 1.94 bits per heavy atom. The van der Waals surface area contributed by atoms with Crippen molar-refractivity contribution in [3.8, 4) is 0 Å². The van der Waals surface area contributed by atoms with Crippen LogP contribution in [0.4, 0.5) is 0 Å². The minimum Gasteiger partial charge on any atom is -0.458 e. The monoisotopic (exact) mass is 232 g/mol. The highest BCUT2D eigenvalue weighted by Crippen LogP contribution is 2.29. The summed E-state index contributed by atoms with van der Waals surface area (Å²) in [5.41, 5.74) is 2.19. The van der Waals surface area contributed by atoms with Gasteiger partial charge in [-0.3, -0.25) is 0 Å². The zero-order valence-electron chi connectivity index (χ0n) is 10.7. The second kappa shape index (κ2) is 4.92. The predicted molar refractivity (Wildman–Crippen MR) is 70.2 cm³/mol. The molecule has 2 atom stereocenters. The highest BCUT2D eigenvalue weighted by Gasteiger charge is 2.12. The van der Waals surface area contributed by atoms with Crippen molar-refractivity contribution in [1.82, 2.24) is 0 Å². The lowest BCUT2D eigenvalue weighted by Crippen LogP contribution is -1.91. The molecule has 1 heterocycles. The van der Waals surface area contributed by atoms with Crippen molar-refractivity contribution >= 4 is 11.0 Å². The van der Waals surface area contributed by atoms with Gasteiger partial charge in [0.2, 0.25) is 0 Å². The van der Waals surface area contributed by atoms with Gasteiger partial charge in [-0.2, -0.15) is 0 Å². The smallest absolute Gasteiger partial charge is 0.134 e. The highest BCUT2D eigenvalue weighted by atomic mass is 16.4. The molecular formula is C15H20O2. The lowest BCUT2D eigenvalue weighted by atomic mass is 9.97. The number of benzene rings is 1. The summed E-state index contributed by atoms with van der Waals surface area (Å²) in [4.78, 5) is 0. The average molecular weight is 232 g/mol. The molecule has 0 saturated carbocycles. The van der Waals surface area contributed by atoms with Gasteiger partial charge in [-0.1, -0.05) is 26.8 Å². The molecule has 0 aliphatic heterocycles. The summed E-state index contributed by atoms with van der Waals surface area (Å²) in [5.74, 6) is 1.23. The molecule has 2 unspecified atom stereocenters. The van der Waals surface area contributed by atoms with Gasteiger partial charge in [-0.15, -0.1) is 0 Å². The van der Waals surface area contributed by atoms with E-state index in [0.717, 1.165) is 17.4 Å². The van der Waals surface area contributed by atoms with Gasteiger partial charge in [-0.05, 0) is 42.5 Å². The maximum Gasteiger partial charge on any atom is 0.134 e. The van der Waals surface area contributed by atoms with E-state index in [2.05, 4.69) is 26.0 Å². The first-order valence-corrected chi connectivity index (χ1v) is 6.37. The molecule has 17 heavy (non-hydrogen) atoms. The van der Waals surface area contributed by atoms with E-state index in [1.807, 2.05) is 19.1 Å². The quantitative estimate of drug-likeness (QED) is 0.848. The van der Waals surface area contributed by atoms with Gasteiger partial charge in [0.05, 0.1) is 0 Å². The normalized spacial score (nSPS) is 15.1. The van der Waals surface area contributed by atoms with Crippen LogP contribution < -0.4 is 0 Å². The van der Waals surface area contributed by atoms with Crippen molar-refractivity contribution in [3.05, 3.63) is 35.6 Å². The standard InChI is InChI=1S/C15H20O2/c1-4-10(3)11-6-7-14-12(8-11)9-15(17-14)13(16)5-2/h6-10,13,16H,4-5H2,1-3H3. The molecule has 0 radical (unpaired) electrons. The van der Waals surface area contributed by atoms with Crippen LogP contribution in [-0.4, -0.2) is 5.11 Å². The van der Waals surface area contributed by atoms with Gasteiger partial charge in [0.15, 0.2) is 0 Å². The fourth-order valence-electron chi connectivity index (χ4n) is 1.99. The third-order valence-corrected chi connectivity index (χ3v) is 3.46. The Balaban J connectivity index is 2.41. The molecule has 2 heteroatoms. The number of aliphatic hydroxyl groups excluding tert-OH is 1. The van der Waals surface area contributed by atoms with E-state index in [-0.39, 0.29) is 0 Å². The van der Waals surface area contributed by atoms with E-state index in [1.54, 1.807) is 0 Å². The van der Waals surface area contributed by atoms with Crippen LogP contribution in [0.1, 0.15) is 57.0 Å². The molecule has 0 spiro atoms. The van der Waals surface area contributed by atoms with Crippen LogP contribution in [0.5, 0.6) is 0 Å². The summed E-state index contributed by atoms with van der Waals surface area (Å²) in [5, 5.41) is 10.8. The molecule has 1 aromatic carbocycles. The van der Waals surface area contributed by atoms with Crippen LogP contribution in [0, 0.1) is 0 Å². The van der Waals surface area contributed by atoms with Gasteiger partial charge in [0.25, 0.3) is 0 Å². The zero-order valence-corrected chi connectivity index (χ0v) is 10.7. The van der Waals surface area contributed by atoms with E-state index in [4.69, 9.17) is 4.42 Å². The average Bonchev–Trinajstić information content (AvgIpc) is 2.79. The van der Waals surface area contributed by atoms with Crippen LogP contribution in [0.2, 0.25) is 0 Å². The molecule has 2 aromatic rings. The van der Waals surface area contributed by atoms with E-state index >= 15 is 0 Å². The van der Waals surface area contributed by atoms with Gasteiger partial charge < -0.3 is 9.52 Å². The number of hydrogen-bond donors (Lipinski definition) is 1. The molecule has 2 nitrogen and oxygen atoms in total. The summed E-state index contributed by atoms with van der Waals surface area (Å²) >= 11 is 0. The number of hydrogen-bond acceptors (Lipinski definition) is 2. The van der Waals surface area contributed by atoms with E-state index in [0.29, 0.717) is 18.1 Å². The lowest BCUT2D eigenvalue weighted by Gasteiger charge is -2.07. The van der Waals surface area contributed by atoms with Gasteiger partial charge in [-0.25, -0.2) is 0 Å². The minimum absolute atomic E-state index is 0.491. The van der Waals surface area contributed by atoms with Gasteiger partial charge >= 0.3 is 0 Å². The number of fused-ring (bicyclic) bond motifs is 1.